The second-order valence-electron chi connectivity index (χ2n) is 6.67. The number of amides is 1. The van der Waals surface area contributed by atoms with Gasteiger partial charge < -0.3 is 34.5 Å². The van der Waals surface area contributed by atoms with E-state index < -0.39 is 78.4 Å². The maximum absolute atomic E-state index is 14.0. The van der Waals surface area contributed by atoms with E-state index in [-0.39, 0.29) is 0 Å². The molecule has 0 bridgehead atoms. The molecule has 2 rings (SSSR count). The number of terminal acetylenes is 1. The number of alkyl halides is 1. The van der Waals surface area contributed by atoms with Crippen molar-refractivity contribution in [2.75, 3.05) is 13.3 Å². The summed E-state index contributed by atoms with van der Waals surface area (Å²) in [4.78, 5) is 59.7. The summed E-state index contributed by atoms with van der Waals surface area (Å²) in [5.41, 5.74) is -5.61. The van der Waals surface area contributed by atoms with Gasteiger partial charge in [-0.3, -0.25) is 19.0 Å². The van der Waals surface area contributed by atoms with Gasteiger partial charge in [0.25, 0.3) is 0 Å². The minimum atomic E-state index is -5.90. The third-order valence-electron chi connectivity index (χ3n) is 4.27. The Kier molecular flexibility index (Phi) is 7.92. The number of carbonyl (C=O) groups is 2. The molecule has 20 heteroatoms. The summed E-state index contributed by atoms with van der Waals surface area (Å²) in [7, 11) is -17.3. The van der Waals surface area contributed by atoms with Gasteiger partial charge in [0, 0.05) is 6.20 Å². The first-order valence-electron chi connectivity index (χ1n) is 8.33. The number of rotatable bonds is 9. The number of allylic oxidation sites excluding steroid dienone is 1. The molecule has 0 aromatic carbocycles. The zero-order valence-corrected chi connectivity index (χ0v) is 18.7. The van der Waals surface area contributed by atoms with Gasteiger partial charge in [0.15, 0.2) is 23.2 Å². The van der Waals surface area contributed by atoms with Crippen molar-refractivity contribution < 1.29 is 75.3 Å². The lowest BCUT2D eigenvalue weighted by atomic mass is 9.87. The molecule has 0 saturated carbocycles. The number of nitrogens with zero attached hydrogens (tertiary/aromatic N) is 1. The van der Waals surface area contributed by atoms with E-state index in [1.807, 2.05) is 0 Å². The first-order chi connectivity index (χ1) is 14.9. The Labute approximate surface area is 184 Å². The van der Waals surface area contributed by atoms with E-state index in [4.69, 9.17) is 25.8 Å². The van der Waals surface area contributed by atoms with E-state index in [1.165, 1.54) is 0 Å². The zero-order valence-electron chi connectivity index (χ0n) is 16.0. The summed E-state index contributed by atoms with van der Waals surface area (Å²) < 4.78 is 64.4. The van der Waals surface area contributed by atoms with Crippen LogP contribution in [0.15, 0.2) is 12.3 Å². The molecular weight excluding hydrogens is 522 g/mol. The molecule has 2 unspecified atom stereocenters. The lowest BCUT2D eigenvalue weighted by molar-refractivity contribution is -0.166. The molecule has 6 atom stereocenters. The third kappa shape index (κ3) is 6.21. The van der Waals surface area contributed by atoms with Crippen LogP contribution < -0.4 is 0 Å². The molecule has 0 aliphatic carbocycles. The number of ketones is 1. The molecule has 33 heavy (non-hydrogen) atoms. The molecule has 1 fully saturated rings. The molecular formula is C13H17FNO15P3. The minimum Gasteiger partial charge on any atom is -0.386 e. The predicted octanol–water partition coefficient (Wildman–Crippen LogP) is -1.57. The summed E-state index contributed by atoms with van der Waals surface area (Å²) in [6.07, 6.45) is 1.79. The SMILES string of the molecule is C#C[C@@]1(O)[C@H](O)[C@@](CF)(COP(=O)(O)OP(=O)(O)OP(=O)(O)O)O[C@H]1N1C=CC(=O)CC1=O. The molecule has 2 aliphatic rings. The number of hydrogen-bond donors (Lipinski definition) is 6. The van der Waals surface area contributed by atoms with Gasteiger partial charge in [-0.25, -0.2) is 18.1 Å². The lowest BCUT2D eigenvalue weighted by Crippen LogP contribution is -2.56. The average Bonchev–Trinajstić information content (AvgIpc) is 2.86. The lowest BCUT2D eigenvalue weighted by Gasteiger charge is -2.33. The highest BCUT2D eigenvalue weighted by Crippen LogP contribution is 2.66. The summed E-state index contributed by atoms with van der Waals surface area (Å²) in [6.45, 7) is -3.30. The fourth-order valence-corrected chi connectivity index (χ4v) is 5.91. The number of aliphatic hydroxyl groups is 2. The van der Waals surface area contributed by atoms with Crippen LogP contribution in [0.25, 0.3) is 0 Å². The van der Waals surface area contributed by atoms with Gasteiger partial charge in [0.1, 0.15) is 12.8 Å². The van der Waals surface area contributed by atoms with Crippen molar-refractivity contribution in [2.24, 2.45) is 0 Å². The van der Waals surface area contributed by atoms with Crippen molar-refractivity contribution in [2.45, 2.75) is 30.0 Å². The van der Waals surface area contributed by atoms with Gasteiger partial charge in [0.2, 0.25) is 5.91 Å². The summed E-state index contributed by atoms with van der Waals surface area (Å²) in [5.74, 6) is 0.127. The molecule has 0 aromatic rings. The molecule has 0 aromatic heterocycles. The highest BCUT2D eigenvalue weighted by Gasteiger charge is 2.66. The topological polar surface area (TPSA) is 247 Å². The van der Waals surface area contributed by atoms with Crippen LogP contribution in [0.3, 0.4) is 0 Å². The van der Waals surface area contributed by atoms with Gasteiger partial charge in [-0.15, -0.1) is 6.42 Å². The van der Waals surface area contributed by atoms with Gasteiger partial charge in [-0.2, -0.15) is 8.62 Å². The van der Waals surface area contributed by atoms with E-state index in [9.17, 15) is 42.8 Å². The van der Waals surface area contributed by atoms with Crippen molar-refractivity contribution >= 4 is 35.2 Å². The molecule has 186 valence electrons. The zero-order chi connectivity index (χ0) is 25.5. The van der Waals surface area contributed by atoms with Crippen molar-refractivity contribution in [3.63, 3.8) is 0 Å². The number of carbonyl (C=O) groups excluding carboxylic acids is 2. The number of aliphatic hydroxyl groups excluding tert-OH is 1. The van der Waals surface area contributed by atoms with E-state index >= 15 is 0 Å². The molecule has 1 saturated heterocycles. The average molecular weight is 539 g/mol. The molecule has 6 N–H and O–H groups in total. The maximum atomic E-state index is 14.0. The monoisotopic (exact) mass is 539 g/mol. The van der Waals surface area contributed by atoms with Crippen LogP contribution in [0.4, 0.5) is 4.39 Å². The standard InChI is InChI=1S/C13H17FNO15P3/c1-2-13(19)10(18)12(6-14,28-11(13)15-4-3-8(16)5-9(15)17)7-27-32(23,24)30-33(25,26)29-31(20,21)22/h1,3-4,10-11,18-19H,5-7H2,(H,23,24)(H,25,26)(H2,20,21,22)/t10-,11-,12-,13-/m1/s1. The highest BCUT2D eigenvalue weighted by atomic mass is 31.3. The van der Waals surface area contributed by atoms with Crippen LogP contribution >= 0.6 is 23.5 Å². The number of phosphoric ester groups is 1. The Morgan fingerprint density at radius 2 is 1.82 bits per heavy atom. The summed E-state index contributed by atoms with van der Waals surface area (Å²) in [6, 6.07) is 0. The highest BCUT2D eigenvalue weighted by molar-refractivity contribution is 7.66. The maximum Gasteiger partial charge on any atom is 0.490 e. The van der Waals surface area contributed by atoms with Crippen molar-refractivity contribution in [1.82, 2.24) is 4.90 Å². The van der Waals surface area contributed by atoms with Crippen LogP contribution in [0.1, 0.15) is 6.42 Å². The molecule has 16 nitrogen and oxygen atoms in total. The van der Waals surface area contributed by atoms with Gasteiger partial charge >= 0.3 is 23.5 Å². The van der Waals surface area contributed by atoms with Crippen LogP contribution in [0.2, 0.25) is 0 Å². The van der Waals surface area contributed by atoms with E-state index in [1.54, 1.807) is 5.92 Å². The Morgan fingerprint density at radius 3 is 2.30 bits per heavy atom. The normalized spacial score (nSPS) is 34.1. The minimum absolute atomic E-state index is 0.576. The Morgan fingerprint density at radius 1 is 1.21 bits per heavy atom. The first-order valence-corrected chi connectivity index (χ1v) is 12.8. The van der Waals surface area contributed by atoms with E-state index in [0.717, 1.165) is 12.3 Å². The Balaban J connectivity index is 2.28. The van der Waals surface area contributed by atoms with Gasteiger partial charge in [-0.1, -0.05) is 5.92 Å². The number of ether oxygens (including phenoxy) is 1. The molecule has 0 radical (unpaired) electrons. The number of hydrogen-bond acceptors (Lipinski definition) is 11. The van der Waals surface area contributed by atoms with E-state index in [0.29, 0.717) is 4.90 Å². The first kappa shape index (κ1) is 27.9. The van der Waals surface area contributed by atoms with Crippen LogP contribution in [0.5, 0.6) is 0 Å². The Bertz CT molecular complexity index is 1040. The third-order valence-corrected chi connectivity index (χ3v) is 8.05. The van der Waals surface area contributed by atoms with E-state index in [2.05, 4.69) is 13.1 Å². The predicted molar refractivity (Wildman–Crippen MR) is 98.8 cm³/mol. The number of halogens is 1. The van der Waals surface area contributed by atoms with Crippen LogP contribution in [-0.2, 0) is 41.2 Å². The van der Waals surface area contributed by atoms with Crippen LogP contribution in [0, 0.1) is 12.3 Å². The Hall–Kier alpha value is -1.34. The smallest absolute Gasteiger partial charge is 0.386 e. The van der Waals surface area contributed by atoms with Crippen molar-refractivity contribution in [3.05, 3.63) is 12.3 Å². The summed E-state index contributed by atoms with van der Waals surface area (Å²) >= 11 is 0. The number of phosphoric acid groups is 3. The van der Waals surface area contributed by atoms with Crippen molar-refractivity contribution in [1.29, 1.82) is 0 Å². The molecule has 2 heterocycles. The largest absolute Gasteiger partial charge is 0.490 e. The van der Waals surface area contributed by atoms with Gasteiger partial charge in [0.05, 0.1) is 13.0 Å². The molecule has 1 amide bonds. The van der Waals surface area contributed by atoms with Crippen molar-refractivity contribution in [3.8, 4) is 12.3 Å². The molecule has 0 spiro atoms. The molecule has 2 aliphatic heterocycles. The van der Waals surface area contributed by atoms with Gasteiger partial charge in [-0.05, 0) is 6.08 Å². The summed E-state index contributed by atoms with van der Waals surface area (Å²) in [5, 5.41) is 21.1. The second kappa shape index (κ2) is 9.37. The van der Waals surface area contributed by atoms with Crippen LogP contribution in [-0.4, -0.2) is 83.2 Å². The fourth-order valence-electron chi connectivity index (χ4n) is 2.84. The second-order valence-corrected chi connectivity index (χ2v) is 11.1. The quantitative estimate of drug-likeness (QED) is 0.110. The fraction of sp³-hybridized carbons (Fsp3) is 0.538.